The van der Waals surface area contributed by atoms with Crippen molar-refractivity contribution in [2.24, 2.45) is 0 Å². The first-order chi connectivity index (χ1) is 18.5. The fourth-order valence-electron chi connectivity index (χ4n) is 3.26. The molecule has 13 heteroatoms. The van der Waals surface area contributed by atoms with Crippen LogP contribution in [0.25, 0.3) is 17.0 Å². The normalized spacial score (nSPS) is 12.2. The Balaban J connectivity index is 0.00000220. The van der Waals surface area contributed by atoms with Gasteiger partial charge in [0.25, 0.3) is 5.89 Å². The Morgan fingerprint density at radius 2 is 1.54 bits per heavy atom. The molecule has 0 saturated carbocycles. The number of hydrogen-bond donors (Lipinski definition) is 1. The van der Waals surface area contributed by atoms with Crippen molar-refractivity contribution in [2.75, 3.05) is 39.0 Å². The van der Waals surface area contributed by atoms with Crippen LogP contribution in [-0.2, 0) is 20.0 Å². The van der Waals surface area contributed by atoms with Crippen molar-refractivity contribution in [3.8, 4) is 17.2 Å². The summed E-state index contributed by atoms with van der Waals surface area (Å²) in [5.41, 5.74) is 0.823. The van der Waals surface area contributed by atoms with Crippen molar-refractivity contribution in [2.45, 2.75) is 60.3 Å². The summed E-state index contributed by atoms with van der Waals surface area (Å²) in [6.07, 6.45) is 4.07. The largest absolute Gasteiger partial charge is 0.516 e. The van der Waals surface area contributed by atoms with Gasteiger partial charge in [0.2, 0.25) is 25.9 Å². The second-order valence-electron chi connectivity index (χ2n) is 7.60. The molecule has 0 aliphatic carbocycles. The number of sulfonamides is 2. The van der Waals surface area contributed by atoms with E-state index in [1.54, 1.807) is 47.6 Å². The van der Waals surface area contributed by atoms with E-state index in [0.29, 0.717) is 43.1 Å². The second-order valence-corrected chi connectivity index (χ2v) is 11.5. The summed E-state index contributed by atoms with van der Waals surface area (Å²) in [5.74, 6) is 0.380. The number of hydrogen-bond acceptors (Lipinski definition) is 9. The minimum atomic E-state index is -3.70. The molecule has 2 aromatic rings. The number of aromatic nitrogens is 2. The van der Waals surface area contributed by atoms with Crippen LogP contribution in [0.2, 0.25) is 0 Å². The molecule has 0 amide bonds. The molecule has 0 fully saturated rings. The summed E-state index contributed by atoms with van der Waals surface area (Å²) < 4.78 is 64.5. The highest BCUT2D eigenvalue weighted by Crippen LogP contribution is 2.33. The van der Waals surface area contributed by atoms with Crippen LogP contribution < -0.4 is 4.74 Å². The molecule has 0 saturated heterocycles. The maximum Gasteiger partial charge on any atom is 0.251 e. The third-order valence-electron chi connectivity index (χ3n) is 5.35. The monoisotopic (exact) mass is 588 g/mol. The second kappa shape index (κ2) is 17.8. The summed E-state index contributed by atoms with van der Waals surface area (Å²) in [7, 11) is -5.68. The number of aliphatic hydroxyl groups is 1. The number of methoxy groups -OCH3 is 1. The smallest absolute Gasteiger partial charge is 0.251 e. The van der Waals surface area contributed by atoms with Gasteiger partial charge in [-0.25, -0.2) is 21.1 Å². The lowest BCUT2D eigenvalue weighted by Gasteiger charge is -2.19. The van der Waals surface area contributed by atoms with Gasteiger partial charge in [-0.15, -0.1) is 10.2 Å². The molecule has 0 radical (unpaired) electrons. The Labute approximate surface area is 234 Å². The Hall–Kier alpha value is -2.74. The van der Waals surface area contributed by atoms with E-state index in [1.165, 1.54) is 40.0 Å². The molecule has 0 bridgehead atoms. The summed E-state index contributed by atoms with van der Waals surface area (Å²) in [6.45, 7) is 16.0. The van der Waals surface area contributed by atoms with Gasteiger partial charge < -0.3 is 14.3 Å². The number of rotatable bonds is 12. The first-order valence-electron chi connectivity index (χ1n) is 12.9. The van der Waals surface area contributed by atoms with Gasteiger partial charge in [0.1, 0.15) is 5.75 Å². The molecule has 1 N–H and O–H groups in total. The fourth-order valence-corrected chi connectivity index (χ4v) is 6.20. The van der Waals surface area contributed by atoms with Crippen molar-refractivity contribution < 1.29 is 31.1 Å². The lowest BCUT2D eigenvalue weighted by Crippen LogP contribution is -2.32. The van der Waals surface area contributed by atoms with Gasteiger partial charge in [-0.2, -0.15) is 4.31 Å². The number of benzene rings is 1. The van der Waals surface area contributed by atoms with Gasteiger partial charge in [0, 0.05) is 31.8 Å². The molecule has 11 nitrogen and oxygen atoms in total. The van der Waals surface area contributed by atoms with Gasteiger partial charge in [-0.1, -0.05) is 53.7 Å². The number of nitrogens with zero attached hydrogens (tertiary/aromatic N) is 4. The maximum atomic E-state index is 12.9. The van der Waals surface area contributed by atoms with Crippen LogP contribution in [0.4, 0.5) is 0 Å². The van der Waals surface area contributed by atoms with Gasteiger partial charge >= 0.3 is 0 Å². The van der Waals surface area contributed by atoms with Crippen LogP contribution in [0.1, 0.15) is 61.3 Å². The molecule has 0 aliphatic rings. The van der Waals surface area contributed by atoms with E-state index in [-0.39, 0.29) is 22.4 Å². The van der Waals surface area contributed by atoms with E-state index in [1.807, 2.05) is 13.8 Å². The Morgan fingerprint density at radius 3 is 2.00 bits per heavy atom. The van der Waals surface area contributed by atoms with Crippen molar-refractivity contribution in [1.82, 2.24) is 18.8 Å². The standard InChI is InChI=1S/C21H32N4O6S2.C3H6O.C2H6/c1-7-24(8-2)32(26,27)14-13-16(5)20-22-23-21(31-20)18-15-17(11-12-19(18)30-6)33(28,29)25(9-3)10-4;1-2-3-4;1-2/h11-13,15H,7-10,14H2,1-6H3;2-4H,1H3;1-2H3/b16-13+;3-2+;. The predicted molar refractivity (Wildman–Crippen MR) is 156 cm³/mol. The highest BCUT2D eigenvalue weighted by Gasteiger charge is 2.25. The molecular formula is C26H44N4O7S2. The number of aliphatic hydroxyl groups excluding tert-OH is 1. The van der Waals surface area contributed by atoms with Crippen LogP contribution in [0.3, 0.4) is 0 Å². The van der Waals surface area contributed by atoms with E-state index in [4.69, 9.17) is 14.3 Å². The molecule has 0 atom stereocenters. The van der Waals surface area contributed by atoms with Gasteiger partial charge in [-0.3, -0.25) is 0 Å². The van der Waals surface area contributed by atoms with E-state index >= 15 is 0 Å². The summed E-state index contributed by atoms with van der Waals surface area (Å²) in [4.78, 5) is 0.0827. The van der Waals surface area contributed by atoms with E-state index in [2.05, 4.69) is 10.2 Å². The average molecular weight is 589 g/mol. The zero-order chi connectivity index (χ0) is 30.2. The first-order valence-corrected chi connectivity index (χ1v) is 15.9. The van der Waals surface area contributed by atoms with Crippen LogP contribution in [0.5, 0.6) is 5.75 Å². The van der Waals surface area contributed by atoms with Crippen molar-refractivity contribution in [3.63, 3.8) is 0 Å². The Kier molecular flexibility index (Phi) is 16.5. The third kappa shape index (κ3) is 10.1. The topological polar surface area (TPSA) is 143 Å². The predicted octanol–water partition coefficient (Wildman–Crippen LogP) is 4.95. The molecule has 0 spiro atoms. The van der Waals surface area contributed by atoms with Gasteiger partial charge in [0.15, 0.2) is 0 Å². The molecule has 1 aromatic carbocycles. The third-order valence-corrected chi connectivity index (χ3v) is 9.29. The van der Waals surface area contributed by atoms with Crippen LogP contribution in [0.15, 0.2) is 45.9 Å². The summed E-state index contributed by atoms with van der Waals surface area (Å²) in [6, 6.07) is 4.44. The fraction of sp³-hybridized carbons (Fsp3) is 0.538. The minimum absolute atomic E-state index is 0.0674. The van der Waals surface area contributed by atoms with Gasteiger partial charge in [0.05, 0.1) is 29.6 Å². The highest BCUT2D eigenvalue weighted by atomic mass is 32.2. The first kappa shape index (κ1) is 36.3. The SMILES string of the molecule is C/C=C/O.CC.CCN(CC)S(=O)(=O)C/C=C(\C)c1nnc(-c2cc(S(=O)(=O)N(CC)CC)ccc2OC)o1. The van der Waals surface area contributed by atoms with Crippen molar-refractivity contribution in [1.29, 1.82) is 0 Å². The number of allylic oxidation sites excluding steroid dienone is 2. The lowest BCUT2D eigenvalue weighted by molar-refractivity contribution is 0.413. The molecule has 0 aliphatic heterocycles. The average Bonchev–Trinajstić information content (AvgIpc) is 3.44. The molecule has 0 unspecified atom stereocenters. The molecule has 39 heavy (non-hydrogen) atoms. The summed E-state index contributed by atoms with van der Waals surface area (Å²) in [5, 5.41) is 15.7. The van der Waals surface area contributed by atoms with Gasteiger partial charge in [-0.05, 0) is 32.0 Å². The number of ether oxygens (including phenoxy) is 1. The van der Waals surface area contributed by atoms with Crippen LogP contribution in [-0.4, -0.2) is 79.8 Å². The zero-order valence-electron chi connectivity index (χ0n) is 24.5. The Morgan fingerprint density at radius 1 is 1.00 bits per heavy atom. The maximum absolute atomic E-state index is 12.9. The van der Waals surface area contributed by atoms with Crippen molar-refractivity contribution in [3.05, 3.63) is 42.5 Å². The quantitative estimate of drug-likeness (QED) is 0.340. The molecule has 1 heterocycles. The molecule has 222 valence electrons. The highest BCUT2D eigenvalue weighted by molar-refractivity contribution is 7.89. The summed E-state index contributed by atoms with van der Waals surface area (Å²) >= 11 is 0. The zero-order valence-corrected chi connectivity index (χ0v) is 26.1. The van der Waals surface area contributed by atoms with Crippen LogP contribution >= 0.6 is 0 Å². The Bertz CT molecular complexity index is 1260. The molecular weight excluding hydrogens is 544 g/mol. The molecule has 1 aromatic heterocycles. The van der Waals surface area contributed by atoms with E-state index < -0.39 is 20.0 Å². The lowest BCUT2D eigenvalue weighted by atomic mass is 10.2. The minimum Gasteiger partial charge on any atom is -0.516 e. The van der Waals surface area contributed by atoms with E-state index in [0.717, 1.165) is 6.26 Å². The van der Waals surface area contributed by atoms with Crippen LogP contribution in [0, 0.1) is 0 Å². The molecule has 2 rings (SSSR count). The van der Waals surface area contributed by atoms with E-state index in [9.17, 15) is 16.8 Å². The van der Waals surface area contributed by atoms with Crippen molar-refractivity contribution >= 4 is 25.6 Å².